The molecule has 5 nitrogen and oxygen atoms in total. The van der Waals surface area contributed by atoms with Crippen LogP contribution < -0.4 is 0 Å². The van der Waals surface area contributed by atoms with Crippen molar-refractivity contribution in [3.63, 3.8) is 0 Å². The number of halogens is 1. The van der Waals surface area contributed by atoms with E-state index in [1.54, 1.807) is 7.05 Å². The number of hydrogen-bond acceptors (Lipinski definition) is 3. The largest absolute Gasteiger partial charge is 0.270 e. The third-order valence-electron chi connectivity index (χ3n) is 3.29. The molecule has 0 N–H and O–H groups in total. The summed E-state index contributed by atoms with van der Waals surface area (Å²) in [5.41, 5.74) is 2.05. The summed E-state index contributed by atoms with van der Waals surface area (Å²) in [6.07, 6.45) is 2.86. The van der Waals surface area contributed by atoms with Gasteiger partial charge in [0.15, 0.2) is 0 Å². The van der Waals surface area contributed by atoms with Gasteiger partial charge in [-0.15, -0.1) is 11.6 Å². The van der Waals surface area contributed by atoms with Gasteiger partial charge in [0.1, 0.15) is 4.90 Å². The Morgan fingerprint density at radius 2 is 2.05 bits per heavy atom. The summed E-state index contributed by atoms with van der Waals surface area (Å²) >= 11 is 5.63. The smallest absolute Gasteiger partial charge is 0.246 e. The molecule has 114 valence electrons. The first-order valence-electron chi connectivity index (χ1n) is 6.54. The Balaban J connectivity index is 2.20. The lowest BCUT2D eigenvalue weighted by molar-refractivity contribution is 0.466. The number of benzene rings is 1. The van der Waals surface area contributed by atoms with Crippen molar-refractivity contribution in [1.29, 1.82) is 0 Å². The molecule has 1 heterocycles. The molecule has 0 fully saturated rings. The van der Waals surface area contributed by atoms with Crippen molar-refractivity contribution in [2.75, 3.05) is 12.9 Å². The van der Waals surface area contributed by atoms with E-state index < -0.39 is 10.0 Å². The molecule has 2 aromatic rings. The number of nitrogens with zero attached hydrogens (tertiary/aromatic N) is 3. The van der Waals surface area contributed by atoms with E-state index in [4.69, 9.17) is 11.6 Å². The van der Waals surface area contributed by atoms with E-state index in [9.17, 15) is 8.42 Å². The Kier molecular flexibility index (Phi) is 5.03. The lowest BCUT2D eigenvalue weighted by Gasteiger charge is -2.17. The SMILES string of the molecule is Cc1ccccc1CN(C)S(=O)(=O)c1cnn(CCCl)c1. The third-order valence-corrected chi connectivity index (χ3v) is 5.21. The summed E-state index contributed by atoms with van der Waals surface area (Å²) in [5, 5.41) is 4.01. The van der Waals surface area contributed by atoms with Crippen molar-refractivity contribution in [2.45, 2.75) is 24.9 Å². The van der Waals surface area contributed by atoms with Crippen molar-refractivity contribution in [1.82, 2.24) is 14.1 Å². The highest BCUT2D eigenvalue weighted by Crippen LogP contribution is 2.17. The monoisotopic (exact) mass is 327 g/mol. The van der Waals surface area contributed by atoms with Crippen LogP contribution >= 0.6 is 11.6 Å². The first-order valence-corrected chi connectivity index (χ1v) is 8.52. The normalized spacial score (nSPS) is 12.0. The van der Waals surface area contributed by atoms with Gasteiger partial charge in [-0.2, -0.15) is 9.40 Å². The van der Waals surface area contributed by atoms with Crippen molar-refractivity contribution < 1.29 is 8.42 Å². The molecule has 0 saturated heterocycles. The van der Waals surface area contributed by atoms with Crippen molar-refractivity contribution >= 4 is 21.6 Å². The molecule has 0 unspecified atom stereocenters. The van der Waals surface area contributed by atoms with E-state index in [2.05, 4.69) is 5.10 Å². The highest BCUT2D eigenvalue weighted by atomic mass is 35.5. The fourth-order valence-corrected chi connectivity index (χ4v) is 3.26. The summed E-state index contributed by atoms with van der Waals surface area (Å²) in [6.45, 7) is 2.78. The van der Waals surface area contributed by atoms with Crippen LogP contribution in [0.5, 0.6) is 0 Å². The van der Waals surface area contributed by atoms with Crippen LogP contribution in [0, 0.1) is 6.92 Å². The Labute approximate surface area is 130 Å². The quantitative estimate of drug-likeness (QED) is 0.765. The average Bonchev–Trinajstić information content (AvgIpc) is 2.91. The molecular formula is C14H18ClN3O2S. The van der Waals surface area contributed by atoms with Gasteiger partial charge < -0.3 is 0 Å². The number of hydrogen-bond donors (Lipinski definition) is 0. The molecule has 0 saturated carbocycles. The Morgan fingerprint density at radius 1 is 1.33 bits per heavy atom. The van der Waals surface area contributed by atoms with Gasteiger partial charge in [0.25, 0.3) is 0 Å². The van der Waals surface area contributed by atoms with Crippen molar-refractivity contribution in [2.24, 2.45) is 0 Å². The van der Waals surface area contributed by atoms with E-state index in [0.29, 0.717) is 19.0 Å². The van der Waals surface area contributed by atoms with Crippen molar-refractivity contribution in [3.05, 3.63) is 47.8 Å². The maximum atomic E-state index is 12.5. The first-order chi connectivity index (χ1) is 9.95. The van der Waals surface area contributed by atoms with E-state index in [1.807, 2.05) is 31.2 Å². The molecule has 0 aliphatic rings. The van der Waals surface area contributed by atoms with Gasteiger partial charge in [0, 0.05) is 25.7 Å². The number of sulfonamides is 1. The maximum absolute atomic E-state index is 12.5. The molecule has 0 aliphatic carbocycles. The minimum atomic E-state index is -3.54. The number of alkyl halides is 1. The second kappa shape index (κ2) is 6.60. The zero-order chi connectivity index (χ0) is 15.5. The third kappa shape index (κ3) is 3.64. The molecule has 1 aromatic heterocycles. The highest BCUT2D eigenvalue weighted by Gasteiger charge is 2.23. The standard InChI is InChI=1S/C14H18ClN3O2S/c1-12-5-3-4-6-13(12)10-17(2)21(19,20)14-9-16-18(11-14)8-7-15/h3-6,9,11H,7-8,10H2,1-2H3. The molecule has 7 heteroatoms. The second-order valence-corrected chi connectivity index (χ2v) is 7.24. The van der Waals surface area contributed by atoms with E-state index >= 15 is 0 Å². The lowest BCUT2D eigenvalue weighted by Crippen LogP contribution is -2.26. The van der Waals surface area contributed by atoms with Crippen LogP contribution in [0.3, 0.4) is 0 Å². The van der Waals surface area contributed by atoms with Gasteiger partial charge in [0.05, 0.1) is 12.7 Å². The molecule has 0 aliphatic heterocycles. The Morgan fingerprint density at radius 3 is 2.71 bits per heavy atom. The summed E-state index contributed by atoms with van der Waals surface area (Å²) in [5.74, 6) is 0.389. The number of aryl methyl sites for hydroxylation is 2. The van der Waals surface area contributed by atoms with Crippen LogP contribution in [-0.4, -0.2) is 35.4 Å². The van der Waals surface area contributed by atoms with Gasteiger partial charge in [-0.3, -0.25) is 4.68 Å². The molecule has 0 amide bonds. The van der Waals surface area contributed by atoms with Gasteiger partial charge >= 0.3 is 0 Å². The van der Waals surface area contributed by atoms with E-state index in [-0.39, 0.29) is 4.90 Å². The van der Waals surface area contributed by atoms with Gasteiger partial charge in [-0.05, 0) is 18.1 Å². The summed E-state index contributed by atoms with van der Waals surface area (Å²) < 4.78 is 27.9. The van der Waals surface area contributed by atoms with Gasteiger partial charge in [-0.25, -0.2) is 8.42 Å². The summed E-state index contributed by atoms with van der Waals surface area (Å²) in [6, 6.07) is 7.73. The second-order valence-electron chi connectivity index (χ2n) is 4.82. The fourth-order valence-electron chi connectivity index (χ4n) is 1.98. The van der Waals surface area contributed by atoms with E-state index in [1.165, 1.54) is 21.4 Å². The number of aromatic nitrogens is 2. The molecule has 2 rings (SSSR count). The van der Waals surface area contributed by atoms with Gasteiger partial charge in [-0.1, -0.05) is 24.3 Å². The molecular weight excluding hydrogens is 310 g/mol. The summed E-state index contributed by atoms with van der Waals surface area (Å²) in [4.78, 5) is 0.184. The number of rotatable bonds is 6. The topological polar surface area (TPSA) is 55.2 Å². The minimum Gasteiger partial charge on any atom is -0.270 e. The first kappa shape index (κ1) is 16.0. The van der Waals surface area contributed by atoms with Crippen LogP contribution in [0.25, 0.3) is 0 Å². The lowest BCUT2D eigenvalue weighted by atomic mass is 10.1. The summed E-state index contributed by atoms with van der Waals surface area (Å²) in [7, 11) is -1.97. The zero-order valence-corrected chi connectivity index (χ0v) is 13.6. The molecule has 0 spiro atoms. The average molecular weight is 328 g/mol. The van der Waals surface area contributed by atoms with E-state index in [0.717, 1.165) is 11.1 Å². The van der Waals surface area contributed by atoms with Crippen LogP contribution in [0.4, 0.5) is 0 Å². The maximum Gasteiger partial charge on any atom is 0.246 e. The molecule has 21 heavy (non-hydrogen) atoms. The molecule has 1 aromatic carbocycles. The van der Waals surface area contributed by atoms with Crippen LogP contribution in [0.1, 0.15) is 11.1 Å². The fraction of sp³-hybridized carbons (Fsp3) is 0.357. The molecule has 0 atom stereocenters. The highest BCUT2D eigenvalue weighted by molar-refractivity contribution is 7.89. The predicted molar refractivity (Wildman–Crippen MR) is 82.8 cm³/mol. The predicted octanol–water partition coefficient (Wildman–Crippen LogP) is 2.25. The van der Waals surface area contributed by atoms with Gasteiger partial charge in [0.2, 0.25) is 10.0 Å². The Bertz CT molecular complexity index is 713. The Hall–Kier alpha value is -1.37. The molecule has 0 bridgehead atoms. The van der Waals surface area contributed by atoms with Crippen LogP contribution in [-0.2, 0) is 23.1 Å². The zero-order valence-electron chi connectivity index (χ0n) is 12.0. The molecule has 0 radical (unpaired) electrons. The van der Waals surface area contributed by atoms with Crippen molar-refractivity contribution in [3.8, 4) is 0 Å². The minimum absolute atomic E-state index is 0.184. The van der Waals surface area contributed by atoms with Crippen LogP contribution in [0.15, 0.2) is 41.6 Å². The van der Waals surface area contributed by atoms with Crippen LogP contribution in [0.2, 0.25) is 0 Å².